The first-order valence-electron chi connectivity index (χ1n) is 10.9. The molecule has 2 aromatic rings. The van der Waals surface area contributed by atoms with Crippen LogP contribution < -0.4 is 5.32 Å². The van der Waals surface area contributed by atoms with Crippen molar-refractivity contribution in [1.82, 2.24) is 15.1 Å². The van der Waals surface area contributed by atoms with E-state index >= 15 is 0 Å². The summed E-state index contributed by atoms with van der Waals surface area (Å²) in [4.78, 5) is 30.2. The van der Waals surface area contributed by atoms with E-state index in [4.69, 9.17) is 5.26 Å². The first-order chi connectivity index (χ1) is 15.5. The second-order valence-electron chi connectivity index (χ2n) is 8.09. The van der Waals surface area contributed by atoms with Crippen LogP contribution in [-0.4, -0.2) is 65.8 Å². The molecule has 1 aliphatic heterocycles. The number of carbonyl (C=O) groups is 2. The van der Waals surface area contributed by atoms with E-state index in [0.29, 0.717) is 30.6 Å². The van der Waals surface area contributed by atoms with Crippen LogP contribution >= 0.6 is 11.8 Å². The van der Waals surface area contributed by atoms with Crippen LogP contribution in [0.15, 0.2) is 48.5 Å². The van der Waals surface area contributed by atoms with Crippen LogP contribution in [0, 0.1) is 18.3 Å². The molecule has 1 aliphatic rings. The van der Waals surface area contributed by atoms with Crippen LogP contribution in [0.1, 0.15) is 33.5 Å². The topological polar surface area (TPSA) is 76.4 Å². The van der Waals surface area contributed by atoms with Gasteiger partial charge in [0.1, 0.15) is 6.04 Å². The van der Waals surface area contributed by atoms with Gasteiger partial charge in [-0.05, 0) is 55.2 Å². The molecule has 0 radical (unpaired) electrons. The molecule has 0 aliphatic carbocycles. The Hall–Kier alpha value is -2.82. The summed E-state index contributed by atoms with van der Waals surface area (Å²) >= 11 is 1.67. The summed E-state index contributed by atoms with van der Waals surface area (Å²) in [7, 11) is 0. The molecular formula is C25H30N4O2S. The maximum Gasteiger partial charge on any atom is 0.251 e. The fourth-order valence-electron chi connectivity index (χ4n) is 3.81. The van der Waals surface area contributed by atoms with Crippen molar-refractivity contribution in [1.29, 1.82) is 5.26 Å². The Balaban J connectivity index is 1.57. The van der Waals surface area contributed by atoms with Gasteiger partial charge in [0.2, 0.25) is 5.91 Å². The highest BCUT2D eigenvalue weighted by atomic mass is 32.2. The fraction of sp³-hybridized carbons (Fsp3) is 0.400. The molecule has 2 amide bonds. The van der Waals surface area contributed by atoms with E-state index in [0.717, 1.165) is 36.5 Å². The largest absolute Gasteiger partial charge is 0.340 e. The summed E-state index contributed by atoms with van der Waals surface area (Å²) in [6, 6.07) is 16.7. The average molecular weight is 451 g/mol. The first kappa shape index (κ1) is 23.8. The Bertz CT molecular complexity index is 963. The highest BCUT2D eigenvalue weighted by Crippen LogP contribution is 2.13. The Kier molecular flexibility index (Phi) is 8.72. The van der Waals surface area contributed by atoms with Crippen LogP contribution in [0.3, 0.4) is 0 Å². The molecule has 7 heteroatoms. The van der Waals surface area contributed by atoms with Crippen LogP contribution in [0.5, 0.6) is 0 Å². The molecule has 0 saturated carbocycles. The number of carbonyl (C=O) groups excluding carboxylic acids is 2. The van der Waals surface area contributed by atoms with Crippen LogP contribution in [0.2, 0.25) is 0 Å². The Morgan fingerprint density at radius 2 is 1.84 bits per heavy atom. The Morgan fingerprint density at radius 1 is 1.12 bits per heavy atom. The highest BCUT2D eigenvalue weighted by Gasteiger charge is 2.28. The molecule has 2 aromatic carbocycles. The number of thioether (sulfide) groups is 1. The summed E-state index contributed by atoms with van der Waals surface area (Å²) in [5, 5.41) is 11.9. The molecule has 168 valence electrons. The van der Waals surface area contributed by atoms with Crippen LogP contribution in [0.4, 0.5) is 0 Å². The summed E-state index contributed by atoms with van der Waals surface area (Å²) in [5.74, 6) is 0.606. The van der Waals surface area contributed by atoms with Crippen LogP contribution in [-0.2, 0) is 11.3 Å². The standard InChI is InChI=1S/C25H30N4O2S/c1-19-4-3-5-22(16-19)24(30)27-23(10-15-32-2)25(31)29-13-11-28(12-14-29)18-21-8-6-20(17-26)7-9-21/h3-9,16,23H,10-15,18H2,1-2H3,(H,27,30)/t23-/m1/s1. The van der Waals surface area contributed by atoms with Gasteiger partial charge in [0.05, 0.1) is 11.6 Å². The Labute approximate surface area is 194 Å². The van der Waals surface area contributed by atoms with Gasteiger partial charge in [-0.1, -0.05) is 29.8 Å². The van der Waals surface area contributed by atoms with E-state index in [9.17, 15) is 9.59 Å². The Morgan fingerprint density at radius 3 is 2.47 bits per heavy atom. The lowest BCUT2D eigenvalue weighted by atomic mass is 10.1. The van der Waals surface area contributed by atoms with E-state index in [1.54, 1.807) is 17.8 Å². The van der Waals surface area contributed by atoms with E-state index in [2.05, 4.69) is 16.3 Å². The number of nitrogens with one attached hydrogen (secondary N) is 1. The van der Waals surface area contributed by atoms with E-state index < -0.39 is 6.04 Å². The third kappa shape index (κ3) is 6.59. The van der Waals surface area contributed by atoms with Gasteiger partial charge in [-0.2, -0.15) is 17.0 Å². The van der Waals surface area contributed by atoms with Crippen molar-refractivity contribution in [2.45, 2.75) is 25.9 Å². The summed E-state index contributed by atoms with van der Waals surface area (Å²) in [6.45, 7) is 5.61. The lowest BCUT2D eigenvalue weighted by Gasteiger charge is -2.36. The van der Waals surface area contributed by atoms with Gasteiger partial charge in [-0.15, -0.1) is 0 Å². The fourth-order valence-corrected chi connectivity index (χ4v) is 4.28. The lowest BCUT2D eigenvalue weighted by molar-refractivity contribution is -0.135. The average Bonchev–Trinajstić information content (AvgIpc) is 2.82. The van der Waals surface area contributed by atoms with Gasteiger partial charge in [0, 0.05) is 38.3 Å². The van der Waals surface area contributed by atoms with Gasteiger partial charge in [0.15, 0.2) is 0 Å². The second-order valence-corrected chi connectivity index (χ2v) is 9.07. The number of rotatable bonds is 8. The number of nitriles is 1. The SMILES string of the molecule is CSCC[C@@H](NC(=O)c1cccc(C)c1)C(=O)N1CCN(Cc2ccc(C#N)cc2)CC1. The number of amides is 2. The monoisotopic (exact) mass is 450 g/mol. The molecule has 0 bridgehead atoms. The summed E-state index contributed by atoms with van der Waals surface area (Å²) in [5.41, 5.74) is 3.42. The predicted octanol–water partition coefficient (Wildman–Crippen LogP) is 3.06. The van der Waals surface area contributed by atoms with E-state index in [-0.39, 0.29) is 11.8 Å². The van der Waals surface area contributed by atoms with Gasteiger partial charge < -0.3 is 10.2 Å². The second kappa shape index (κ2) is 11.7. The highest BCUT2D eigenvalue weighted by molar-refractivity contribution is 7.98. The van der Waals surface area contributed by atoms with Crippen molar-refractivity contribution in [2.75, 3.05) is 38.2 Å². The molecule has 1 fully saturated rings. The molecule has 1 heterocycles. The van der Waals surface area contributed by atoms with Crippen molar-refractivity contribution in [2.24, 2.45) is 0 Å². The molecule has 32 heavy (non-hydrogen) atoms. The maximum atomic E-state index is 13.2. The van der Waals surface area contributed by atoms with E-state index in [1.807, 2.05) is 60.5 Å². The minimum Gasteiger partial charge on any atom is -0.340 e. The molecule has 1 saturated heterocycles. The van der Waals surface area contributed by atoms with Crippen molar-refractivity contribution < 1.29 is 9.59 Å². The molecule has 0 spiro atoms. The first-order valence-corrected chi connectivity index (χ1v) is 12.3. The normalized spacial score (nSPS) is 15.1. The zero-order valence-electron chi connectivity index (χ0n) is 18.7. The molecular weight excluding hydrogens is 420 g/mol. The summed E-state index contributed by atoms with van der Waals surface area (Å²) in [6.07, 6.45) is 2.62. The number of benzene rings is 2. The third-order valence-electron chi connectivity index (χ3n) is 5.67. The molecule has 6 nitrogen and oxygen atoms in total. The molecule has 0 aromatic heterocycles. The van der Waals surface area contributed by atoms with Gasteiger partial charge >= 0.3 is 0 Å². The zero-order valence-corrected chi connectivity index (χ0v) is 19.5. The predicted molar refractivity (Wildman–Crippen MR) is 128 cm³/mol. The smallest absolute Gasteiger partial charge is 0.251 e. The third-order valence-corrected chi connectivity index (χ3v) is 6.31. The molecule has 3 rings (SSSR count). The lowest BCUT2D eigenvalue weighted by Crippen LogP contribution is -2.54. The maximum absolute atomic E-state index is 13.2. The van der Waals surface area contributed by atoms with Crippen molar-refractivity contribution in [3.05, 3.63) is 70.8 Å². The van der Waals surface area contributed by atoms with Crippen molar-refractivity contribution in [3.63, 3.8) is 0 Å². The summed E-state index contributed by atoms with van der Waals surface area (Å²) < 4.78 is 0. The number of piperazine rings is 1. The minimum absolute atomic E-state index is 0.00178. The molecule has 0 unspecified atom stereocenters. The van der Waals surface area contributed by atoms with E-state index in [1.165, 1.54) is 0 Å². The van der Waals surface area contributed by atoms with Gasteiger partial charge in [0.25, 0.3) is 5.91 Å². The van der Waals surface area contributed by atoms with Gasteiger partial charge in [-0.25, -0.2) is 0 Å². The quantitative estimate of drug-likeness (QED) is 0.669. The van der Waals surface area contributed by atoms with Crippen LogP contribution in [0.25, 0.3) is 0 Å². The number of nitrogens with zero attached hydrogens (tertiary/aromatic N) is 3. The number of aryl methyl sites for hydroxylation is 1. The number of hydrogen-bond donors (Lipinski definition) is 1. The number of hydrogen-bond acceptors (Lipinski definition) is 5. The van der Waals surface area contributed by atoms with Crippen molar-refractivity contribution in [3.8, 4) is 6.07 Å². The van der Waals surface area contributed by atoms with Crippen molar-refractivity contribution >= 4 is 23.6 Å². The molecule has 1 N–H and O–H groups in total. The minimum atomic E-state index is -0.513. The van der Waals surface area contributed by atoms with Gasteiger partial charge in [-0.3, -0.25) is 14.5 Å². The molecule has 1 atom stereocenters. The zero-order chi connectivity index (χ0) is 22.9.